The van der Waals surface area contributed by atoms with Crippen LogP contribution < -0.4 is 0 Å². The third kappa shape index (κ3) is 1.99. The van der Waals surface area contributed by atoms with Crippen LogP contribution in [0.1, 0.15) is 18.4 Å². The first-order valence-corrected chi connectivity index (χ1v) is 5.16. The molecule has 0 aliphatic carbocycles. The summed E-state index contributed by atoms with van der Waals surface area (Å²) in [6.07, 6.45) is 0. The Kier molecular flexibility index (Phi) is 3.53. The van der Waals surface area contributed by atoms with Crippen LogP contribution in [0, 0.1) is 5.82 Å². The molecule has 3 heteroatoms. The van der Waals surface area contributed by atoms with Gasteiger partial charge >= 0.3 is 0 Å². The zero-order valence-corrected chi connectivity index (χ0v) is 8.99. The van der Waals surface area contributed by atoms with Gasteiger partial charge in [-0.3, -0.25) is 0 Å². The van der Waals surface area contributed by atoms with Gasteiger partial charge in [0.25, 0.3) is 0 Å². The van der Waals surface area contributed by atoms with Crippen LogP contribution in [0.15, 0.2) is 18.2 Å². The summed E-state index contributed by atoms with van der Waals surface area (Å²) in [6, 6.07) is 4.75. The van der Waals surface area contributed by atoms with Crippen LogP contribution in [0.25, 0.3) is 0 Å². The van der Waals surface area contributed by atoms with Gasteiger partial charge in [-0.05, 0) is 18.1 Å². The van der Waals surface area contributed by atoms with Crippen molar-refractivity contribution >= 4 is 27.5 Å². The van der Waals surface area contributed by atoms with E-state index in [0.717, 1.165) is 0 Å². The van der Waals surface area contributed by atoms with Gasteiger partial charge in [-0.25, -0.2) is 4.39 Å². The molecule has 0 bridgehead atoms. The van der Waals surface area contributed by atoms with Gasteiger partial charge < -0.3 is 0 Å². The molecule has 0 amide bonds. The van der Waals surface area contributed by atoms with Crippen molar-refractivity contribution in [2.75, 3.05) is 5.33 Å². The molecule has 0 aliphatic heterocycles. The molecule has 0 saturated heterocycles. The molecule has 0 fully saturated rings. The van der Waals surface area contributed by atoms with Gasteiger partial charge in [0, 0.05) is 15.9 Å². The number of rotatable bonds is 2. The molecule has 1 unspecified atom stereocenters. The lowest BCUT2D eigenvalue weighted by molar-refractivity contribution is 0.600. The van der Waals surface area contributed by atoms with E-state index in [1.807, 2.05) is 6.92 Å². The molecule has 0 aromatic heterocycles. The van der Waals surface area contributed by atoms with Crippen molar-refractivity contribution in [3.63, 3.8) is 0 Å². The van der Waals surface area contributed by atoms with Crippen molar-refractivity contribution < 1.29 is 4.39 Å². The molecule has 0 heterocycles. The van der Waals surface area contributed by atoms with Gasteiger partial charge in [0.05, 0.1) is 0 Å². The summed E-state index contributed by atoms with van der Waals surface area (Å²) < 4.78 is 13.2. The average Bonchev–Trinajstić information content (AvgIpc) is 2.03. The standard InChI is InChI=1S/C9H9BrClF/c1-6(5-10)9-7(11)3-2-4-8(9)12/h2-4,6H,5H2,1H3. The monoisotopic (exact) mass is 250 g/mol. The lowest BCUT2D eigenvalue weighted by Gasteiger charge is -2.10. The summed E-state index contributed by atoms with van der Waals surface area (Å²) in [7, 11) is 0. The highest BCUT2D eigenvalue weighted by Crippen LogP contribution is 2.27. The Labute approximate surface area is 84.9 Å². The van der Waals surface area contributed by atoms with Crippen LogP contribution in [-0.4, -0.2) is 5.33 Å². The molecule has 0 saturated carbocycles. The fraction of sp³-hybridized carbons (Fsp3) is 0.333. The first-order chi connectivity index (χ1) is 5.66. The second-order valence-corrected chi connectivity index (χ2v) is 3.75. The number of hydrogen-bond donors (Lipinski definition) is 0. The van der Waals surface area contributed by atoms with E-state index >= 15 is 0 Å². The summed E-state index contributed by atoms with van der Waals surface area (Å²) >= 11 is 9.14. The highest BCUT2D eigenvalue weighted by atomic mass is 79.9. The maximum Gasteiger partial charge on any atom is 0.128 e. The van der Waals surface area contributed by atoms with E-state index in [1.165, 1.54) is 6.07 Å². The van der Waals surface area contributed by atoms with Gasteiger partial charge in [0.2, 0.25) is 0 Å². The lowest BCUT2D eigenvalue weighted by atomic mass is 10.0. The second kappa shape index (κ2) is 4.24. The summed E-state index contributed by atoms with van der Waals surface area (Å²) in [5.41, 5.74) is 0.594. The Morgan fingerprint density at radius 3 is 2.75 bits per heavy atom. The zero-order chi connectivity index (χ0) is 9.14. The molecule has 0 radical (unpaired) electrons. The fourth-order valence-corrected chi connectivity index (χ4v) is 1.73. The highest BCUT2D eigenvalue weighted by Gasteiger charge is 2.12. The van der Waals surface area contributed by atoms with Crippen LogP contribution >= 0.6 is 27.5 Å². The Bertz CT molecular complexity index is 255. The zero-order valence-electron chi connectivity index (χ0n) is 6.65. The molecule has 0 spiro atoms. The predicted octanol–water partition coefficient (Wildman–Crippen LogP) is 3.98. The molecule has 1 aromatic carbocycles. The average molecular weight is 252 g/mol. The van der Waals surface area contributed by atoms with E-state index in [1.54, 1.807) is 12.1 Å². The maximum absolute atomic E-state index is 13.2. The van der Waals surface area contributed by atoms with Crippen LogP contribution in [0.3, 0.4) is 0 Å². The second-order valence-electron chi connectivity index (χ2n) is 2.69. The molecule has 0 nitrogen and oxygen atoms in total. The van der Waals surface area contributed by atoms with Crippen molar-refractivity contribution in [3.8, 4) is 0 Å². The molecule has 0 aliphatic rings. The summed E-state index contributed by atoms with van der Waals surface area (Å²) in [4.78, 5) is 0. The molecule has 1 aromatic rings. The van der Waals surface area contributed by atoms with Gasteiger partial charge in [-0.15, -0.1) is 0 Å². The van der Waals surface area contributed by atoms with Crippen LogP contribution in [0.5, 0.6) is 0 Å². The van der Waals surface area contributed by atoms with Crippen molar-refractivity contribution in [2.45, 2.75) is 12.8 Å². The summed E-state index contributed by atoms with van der Waals surface area (Å²) in [5, 5.41) is 1.22. The normalized spacial score (nSPS) is 13.0. The van der Waals surface area contributed by atoms with Crippen LogP contribution in [0.4, 0.5) is 4.39 Å². The Morgan fingerprint density at radius 1 is 1.58 bits per heavy atom. The molecular formula is C9H9BrClF. The largest absolute Gasteiger partial charge is 0.207 e. The van der Waals surface area contributed by atoms with Crippen molar-refractivity contribution in [1.29, 1.82) is 0 Å². The molecule has 66 valence electrons. The first kappa shape index (κ1) is 10.0. The van der Waals surface area contributed by atoms with E-state index in [2.05, 4.69) is 15.9 Å². The lowest BCUT2D eigenvalue weighted by Crippen LogP contribution is -1.99. The van der Waals surface area contributed by atoms with E-state index in [9.17, 15) is 4.39 Å². The Balaban J connectivity index is 3.12. The highest BCUT2D eigenvalue weighted by molar-refractivity contribution is 9.09. The molecule has 0 N–H and O–H groups in total. The summed E-state index contributed by atoms with van der Waals surface area (Å²) in [6.45, 7) is 1.93. The fourth-order valence-electron chi connectivity index (χ4n) is 1.06. The van der Waals surface area contributed by atoms with Gasteiger partial charge in [-0.1, -0.05) is 40.5 Å². The van der Waals surface area contributed by atoms with E-state index < -0.39 is 0 Å². The topological polar surface area (TPSA) is 0 Å². The maximum atomic E-state index is 13.2. The van der Waals surface area contributed by atoms with Crippen molar-refractivity contribution in [1.82, 2.24) is 0 Å². The van der Waals surface area contributed by atoms with Crippen LogP contribution in [-0.2, 0) is 0 Å². The van der Waals surface area contributed by atoms with Crippen molar-refractivity contribution in [2.24, 2.45) is 0 Å². The smallest absolute Gasteiger partial charge is 0.128 e. The van der Waals surface area contributed by atoms with Crippen molar-refractivity contribution in [3.05, 3.63) is 34.6 Å². The van der Waals surface area contributed by atoms with Gasteiger partial charge in [-0.2, -0.15) is 0 Å². The third-order valence-electron chi connectivity index (χ3n) is 1.72. The minimum absolute atomic E-state index is 0.110. The molecule has 1 atom stereocenters. The van der Waals surface area contributed by atoms with E-state index in [4.69, 9.17) is 11.6 Å². The van der Waals surface area contributed by atoms with Gasteiger partial charge in [0.15, 0.2) is 0 Å². The number of alkyl halides is 1. The Morgan fingerprint density at radius 2 is 2.25 bits per heavy atom. The Hall–Kier alpha value is -0.0800. The van der Waals surface area contributed by atoms with E-state index in [0.29, 0.717) is 15.9 Å². The third-order valence-corrected chi connectivity index (χ3v) is 3.02. The molecule has 1 rings (SSSR count). The van der Waals surface area contributed by atoms with Crippen LogP contribution in [0.2, 0.25) is 5.02 Å². The first-order valence-electron chi connectivity index (χ1n) is 3.66. The molecule has 12 heavy (non-hydrogen) atoms. The minimum atomic E-state index is -0.227. The van der Waals surface area contributed by atoms with E-state index in [-0.39, 0.29) is 11.7 Å². The van der Waals surface area contributed by atoms with Gasteiger partial charge in [0.1, 0.15) is 5.82 Å². The number of benzene rings is 1. The quantitative estimate of drug-likeness (QED) is 0.698. The number of halogens is 3. The molecular weight excluding hydrogens is 242 g/mol. The number of hydrogen-bond acceptors (Lipinski definition) is 0. The minimum Gasteiger partial charge on any atom is -0.207 e. The summed E-state index contributed by atoms with van der Waals surface area (Å²) in [5.74, 6) is -0.117. The predicted molar refractivity (Wildman–Crippen MR) is 53.6 cm³/mol. The SMILES string of the molecule is CC(CBr)c1c(F)cccc1Cl.